The first-order valence-electron chi connectivity index (χ1n) is 10.6. The van der Waals surface area contributed by atoms with Crippen LogP contribution in [0, 0.1) is 0 Å². The van der Waals surface area contributed by atoms with E-state index in [0.717, 1.165) is 62.2 Å². The first-order valence-corrected chi connectivity index (χ1v) is 13.2. The molecule has 5 rings (SSSR count). The molecule has 1 N–H and O–H groups in total. The summed E-state index contributed by atoms with van der Waals surface area (Å²) < 4.78 is 34.3. The predicted molar refractivity (Wildman–Crippen MR) is 129 cm³/mol. The number of nitrogens with zero attached hydrogens (tertiary/aromatic N) is 3. The predicted octanol–water partition coefficient (Wildman–Crippen LogP) is 4.08. The monoisotopic (exact) mass is 484 g/mol. The SMILES string of the molecule is CC1(C)Cc2nc3sc4c(NCCc5ccc(OS(C)(=O)=O)cc5)ncnc4c3cc2CO1. The largest absolute Gasteiger partial charge is 0.383 e. The molecule has 0 amide bonds. The van der Waals surface area contributed by atoms with Crippen LogP contribution in [0.25, 0.3) is 20.4 Å². The standard InChI is InChI=1S/C23H24N4O4S2/c1-23(2)11-18-15(12-30-23)10-17-19-20(32-22(17)27-18)21(26-13-25-19)24-9-8-14-4-6-16(7-5-14)31-33(3,28)29/h4-7,10,13H,8-9,11-12H2,1-3H3,(H,24,25,26). The fourth-order valence-electron chi connectivity index (χ4n) is 3.92. The van der Waals surface area contributed by atoms with E-state index in [-0.39, 0.29) is 5.60 Å². The molecule has 3 aromatic heterocycles. The Hall–Kier alpha value is -2.82. The van der Waals surface area contributed by atoms with Crippen molar-refractivity contribution in [3.05, 3.63) is 53.5 Å². The zero-order valence-electron chi connectivity index (χ0n) is 18.6. The second-order valence-electron chi connectivity index (χ2n) is 8.78. The summed E-state index contributed by atoms with van der Waals surface area (Å²) in [6.45, 7) is 5.41. The number of hydrogen-bond donors (Lipinski definition) is 1. The summed E-state index contributed by atoms with van der Waals surface area (Å²) in [6, 6.07) is 9.18. The maximum atomic E-state index is 11.2. The van der Waals surface area contributed by atoms with Crippen LogP contribution in [0.1, 0.15) is 30.7 Å². The van der Waals surface area contributed by atoms with Gasteiger partial charge in [0.2, 0.25) is 0 Å². The quantitative estimate of drug-likeness (QED) is 0.408. The van der Waals surface area contributed by atoms with Gasteiger partial charge in [-0.3, -0.25) is 0 Å². The van der Waals surface area contributed by atoms with Crippen LogP contribution in [0.5, 0.6) is 5.75 Å². The van der Waals surface area contributed by atoms with Crippen LogP contribution in [-0.4, -0.2) is 41.8 Å². The van der Waals surface area contributed by atoms with E-state index in [1.54, 1.807) is 29.8 Å². The third-order valence-corrected chi connectivity index (χ3v) is 7.09. The average Bonchev–Trinajstić information content (AvgIpc) is 3.10. The van der Waals surface area contributed by atoms with Gasteiger partial charge in [-0.2, -0.15) is 8.42 Å². The summed E-state index contributed by atoms with van der Waals surface area (Å²) >= 11 is 1.60. The molecule has 4 aromatic rings. The maximum absolute atomic E-state index is 11.2. The molecule has 33 heavy (non-hydrogen) atoms. The van der Waals surface area contributed by atoms with Gasteiger partial charge in [-0.05, 0) is 44.0 Å². The molecule has 4 heterocycles. The van der Waals surface area contributed by atoms with Crippen LogP contribution in [0.2, 0.25) is 0 Å². The van der Waals surface area contributed by atoms with E-state index < -0.39 is 10.1 Å². The van der Waals surface area contributed by atoms with Crippen molar-refractivity contribution in [2.45, 2.75) is 38.9 Å². The number of thiophene rings is 1. The normalized spacial score (nSPS) is 15.5. The minimum Gasteiger partial charge on any atom is -0.383 e. The van der Waals surface area contributed by atoms with E-state index in [0.29, 0.717) is 18.9 Å². The number of nitrogens with one attached hydrogen (secondary N) is 1. The highest BCUT2D eigenvalue weighted by Gasteiger charge is 2.28. The van der Waals surface area contributed by atoms with Crippen molar-refractivity contribution in [1.29, 1.82) is 0 Å². The van der Waals surface area contributed by atoms with Gasteiger partial charge in [0.25, 0.3) is 0 Å². The first-order chi connectivity index (χ1) is 15.7. The smallest absolute Gasteiger partial charge is 0.306 e. The molecule has 0 saturated carbocycles. The van der Waals surface area contributed by atoms with Crippen LogP contribution in [0.15, 0.2) is 36.7 Å². The van der Waals surface area contributed by atoms with Crippen molar-refractivity contribution in [3.8, 4) is 5.75 Å². The number of rotatable bonds is 6. The molecular formula is C23H24N4O4S2. The van der Waals surface area contributed by atoms with Crippen molar-refractivity contribution in [2.75, 3.05) is 18.1 Å². The first kappa shape index (κ1) is 22.0. The molecule has 0 atom stereocenters. The highest BCUT2D eigenvalue weighted by molar-refractivity contribution is 7.86. The fourth-order valence-corrected chi connectivity index (χ4v) is 5.48. The number of anilines is 1. The zero-order valence-corrected chi connectivity index (χ0v) is 20.2. The molecule has 0 spiro atoms. The van der Waals surface area contributed by atoms with E-state index in [4.69, 9.17) is 13.9 Å². The number of benzene rings is 1. The summed E-state index contributed by atoms with van der Waals surface area (Å²) in [4.78, 5) is 14.9. The third kappa shape index (κ3) is 4.78. The van der Waals surface area contributed by atoms with Gasteiger partial charge < -0.3 is 14.2 Å². The maximum Gasteiger partial charge on any atom is 0.306 e. The van der Waals surface area contributed by atoms with Gasteiger partial charge in [-0.1, -0.05) is 12.1 Å². The van der Waals surface area contributed by atoms with Crippen molar-refractivity contribution >= 4 is 47.7 Å². The van der Waals surface area contributed by atoms with Crippen LogP contribution < -0.4 is 9.50 Å². The molecule has 1 aliphatic rings. The van der Waals surface area contributed by atoms with E-state index in [2.05, 4.69) is 35.2 Å². The molecule has 1 aliphatic heterocycles. The van der Waals surface area contributed by atoms with Gasteiger partial charge in [0.05, 0.1) is 34.4 Å². The molecule has 10 heteroatoms. The lowest BCUT2D eigenvalue weighted by atomic mass is 9.95. The Morgan fingerprint density at radius 2 is 2.00 bits per heavy atom. The molecule has 8 nitrogen and oxygen atoms in total. The fraction of sp³-hybridized carbons (Fsp3) is 0.348. The van der Waals surface area contributed by atoms with Crippen molar-refractivity contribution < 1.29 is 17.3 Å². The highest BCUT2D eigenvalue weighted by Crippen LogP contribution is 2.37. The van der Waals surface area contributed by atoms with E-state index in [9.17, 15) is 8.42 Å². The lowest BCUT2D eigenvalue weighted by Crippen LogP contribution is -2.32. The summed E-state index contributed by atoms with van der Waals surface area (Å²) in [5.41, 5.74) is 3.97. The Labute approximate surface area is 196 Å². The van der Waals surface area contributed by atoms with Gasteiger partial charge in [0.1, 0.15) is 22.7 Å². The highest BCUT2D eigenvalue weighted by atomic mass is 32.2. The van der Waals surface area contributed by atoms with E-state index in [1.165, 1.54) is 0 Å². The van der Waals surface area contributed by atoms with Crippen LogP contribution in [0.4, 0.5) is 5.82 Å². The number of aromatic nitrogens is 3. The van der Waals surface area contributed by atoms with Crippen LogP contribution in [0.3, 0.4) is 0 Å². The Morgan fingerprint density at radius 3 is 2.76 bits per heavy atom. The van der Waals surface area contributed by atoms with Gasteiger partial charge in [-0.25, -0.2) is 15.0 Å². The minimum atomic E-state index is -3.52. The molecule has 0 saturated heterocycles. The number of pyridine rings is 1. The topological polar surface area (TPSA) is 103 Å². The van der Waals surface area contributed by atoms with Crippen molar-refractivity contribution in [3.63, 3.8) is 0 Å². The lowest BCUT2D eigenvalue weighted by molar-refractivity contribution is -0.0411. The van der Waals surface area contributed by atoms with Gasteiger partial charge in [-0.15, -0.1) is 11.3 Å². The summed E-state index contributed by atoms with van der Waals surface area (Å²) in [5.74, 6) is 1.09. The number of fused-ring (bicyclic) bond motifs is 4. The Morgan fingerprint density at radius 1 is 1.21 bits per heavy atom. The minimum absolute atomic E-state index is 0.202. The molecule has 172 valence electrons. The van der Waals surface area contributed by atoms with Crippen molar-refractivity contribution in [1.82, 2.24) is 15.0 Å². The summed E-state index contributed by atoms with van der Waals surface area (Å²) in [6.07, 6.45) is 4.14. The summed E-state index contributed by atoms with van der Waals surface area (Å²) in [7, 11) is -3.52. The second-order valence-corrected chi connectivity index (χ2v) is 11.4. The van der Waals surface area contributed by atoms with E-state index in [1.807, 2.05) is 12.1 Å². The van der Waals surface area contributed by atoms with Crippen molar-refractivity contribution in [2.24, 2.45) is 0 Å². The Balaban J connectivity index is 1.34. The number of ether oxygens (including phenoxy) is 1. The van der Waals surface area contributed by atoms with Gasteiger partial charge in [0.15, 0.2) is 0 Å². The molecule has 0 radical (unpaired) electrons. The number of hydrogen-bond acceptors (Lipinski definition) is 9. The third-order valence-electron chi connectivity index (χ3n) is 5.50. The molecule has 0 fully saturated rings. The van der Waals surface area contributed by atoms with Gasteiger partial charge in [0, 0.05) is 23.9 Å². The summed E-state index contributed by atoms with van der Waals surface area (Å²) in [5, 5.41) is 4.44. The van der Waals surface area contributed by atoms with Gasteiger partial charge >= 0.3 is 10.1 Å². The Kier molecular flexibility index (Phi) is 5.46. The molecule has 1 aromatic carbocycles. The molecule has 0 bridgehead atoms. The van der Waals surface area contributed by atoms with Crippen LogP contribution >= 0.6 is 11.3 Å². The Bertz CT molecular complexity index is 1450. The molecule has 0 aliphatic carbocycles. The average molecular weight is 485 g/mol. The second kappa shape index (κ2) is 8.19. The molecule has 0 unspecified atom stereocenters. The molecular weight excluding hydrogens is 460 g/mol. The van der Waals surface area contributed by atoms with E-state index >= 15 is 0 Å². The zero-order chi connectivity index (χ0) is 23.2. The van der Waals surface area contributed by atoms with Crippen LogP contribution in [-0.2, 0) is 34.3 Å². The lowest BCUT2D eigenvalue weighted by Gasteiger charge is -2.30.